The predicted molar refractivity (Wildman–Crippen MR) is 147 cm³/mol. The number of fused-ring (bicyclic) bond motifs is 1. The molecule has 0 amide bonds. The van der Waals surface area contributed by atoms with Gasteiger partial charge in [0.05, 0.1) is 37.3 Å². The fourth-order valence-electron chi connectivity index (χ4n) is 5.64. The second kappa shape index (κ2) is 14.0. The minimum absolute atomic E-state index is 0.106. The zero-order valence-electron chi connectivity index (χ0n) is 23.7. The number of aliphatic hydroxyl groups excluding tert-OH is 2. The van der Waals surface area contributed by atoms with Crippen molar-refractivity contribution in [3.63, 3.8) is 0 Å². The molecule has 2 aliphatic rings. The average molecular weight is 527 g/mol. The van der Waals surface area contributed by atoms with Crippen molar-refractivity contribution in [1.82, 2.24) is 10.0 Å². The lowest BCUT2D eigenvalue weighted by molar-refractivity contribution is -0.115. The van der Waals surface area contributed by atoms with Gasteiger partial charge in [-0.1, -0.05) is 40.5 Å². The Labute approximate surface area is 223 Å². The predicted octanol–water partition coefficient (Wildman–Crippen LogP) is 1.94. The van der Waals surface area contributed by atoms with Crippen LogP contribution in [0.25, 0.3) is 0 Å². The topological polar surface area (TPSA) is 169 Å². The Morgan fingerprint density at radius 2 is 1.59 bits per heavy atom. The maximum atomic E-state index is 10.6. The summed E-state index contributed by atoms with van der Waals surface area (Å²) in [5, 5.41) is 22.8. The Morgan fingerprint density at radius 1 is 1.00 bits per heavy atom. The fourth-order valence-corrected chi connectivity index (χ4v) is 5.64. The second-order valence-electron chi connectivity index (χ2n) is 12.5. The van der Waals surface area contributed by atoms with Gasteiger partial charge in [0, 0.05) is 31.9 Å². The summed E-state index contributed by atoms with van der Waals surface area (Å²) < 4.78 is 11.7. The highest BCUT2D eigenvalue weighted by molar-refractivity contribution is 5.00. The number of nitrogens with zero attached hydrogens (tertiary/aromatic N) is 2. The van der Waals surface area contributed by atoms with Crippen LogP contribution in [0, 0.1) is 28.6 Å². The van der Waals surface area contributed by atoms with Gasteiger partial charge in [0.25, 0.3) is 0 Å². The molecule has 2 rings (SSSR count). The van der Waals surface area contributed by atoms with Gasteiger partial charge in [0.2, 0.25) is 0 Å². The van der Waals surface area contributed by atoms with E-state index in [9.17, 15) is 5.11 Å². The minimum Gasteiger partial charge on any atom is -0.399 e. The van der Waals surface area contributed by atoms with Gasteiger partial charge in [-0.2, -0.15) is 0 Å². The SMILES string of the molecule is CC1CC[C@H]2CCC[C@@H](C[C@@H](O)OC/C(N)=C/N(N)CC(C)(C)C(C)(C)CN(N)/C=C(\N)CO)C2CO1. The number of aliphatic hydroxyl groups is 2. The van der Waals surface area contributed by atoms with E-state index in [4.69, 9.17) is 37.7 Å². The van der Waals surface area contributed by atoms with E-state index in [1.165, 1.54) is 30.5 Å². The molecular formula is C27H54N6O4. The molecule has 5 atom stereocenters. The fraction of sp³-hybridized carbons (Fsp3) is 0.852. The summed E-state index contributed by atoms with van der Waals surface area (Å²) in [6.45, 7) is 12.3. The van der Waals surface area contributed by atoms with Crippen LogP contribution in [0.1, 0.15) is 73.1 Å². The first-order valence-corrected chi connectivity index (χ1v) is 13.7. The number of nitrogens with two attached hydrogens (primary N) is 4. The van der Waals surface area contributed by atoms with Crippen LogP contribution in [-0.4, -0.2) is 65.5 Å². The Bertz CT molecular complexity index is 759. The molecule has 0 aromatic heterocycles. The molecule has 37 heavy (non-hydrogen) atoms. The maximum absolute atomic E-state index is 10.6. The monoisotopic (exact) mass is 526 g/mol. The van der Waals surface area contributed by atoms with E-state index in [0.717, 1.165) is 19.4 Å². The quantitative estimate of drug-likeness (QED) is 0.118. The van der Waals surface area contributed by atoms with Crippen molar-refractivity contribution < 1.29 is 19.7 Å². The highest BCUT2D eigenvalue weighted by Gasteiger charge is 2.39. The highest BCUT2D eigenvalue weighted by Crippen LogP contribution is 2.42. The molecule has 10 nitrogen and oxygen atoms in total. The van der Waals surface area contributed by atoms with Crippen molar-refractivity contribution in [2.45, 2.75) is 85.5 Å². The lowest BCUT2D eigenvalue weighted by Gasteiger charge is -2.45. The number of hydrogen-bond acceptors (Lipinski definition) is 10. The van der Waals surface area contributed by atoms with Gasteiger partial charge < -0.3 is 41.2 Å². The van der Waals surface area contributed by atoms with Crippen LogP contribution in [0.2, 0.25) is 0 Å². The molecule has 0 aromatic rings. The van der Waals surface area contributed by atoms with Crippen LogP contribution < -0.4 is 23.2 Å². The van der Waals surface area contributed by atoms with E-state index in [0.29, 0.717) is 54.8 Å². The van der Waals surface area contributed by atoms with Crippen LogP contribution in [0.3, 0.4) is 0 Å². The van der Waals surface area contributed by atoms with E-state index < -0.39 is 6.29 Å². The molecule has 1 saturated carbocycles. The van der Waals surface area contributed by atoms with Crippen molar-refractivity contribution in [2.75, 3.05) is 32.9 Å². The summed E-state index contributed by atoms with van der Waals surface area (Å²) in [6, 6.07) is 0. The first-order valence-electron chi connectivity index (χ1n) is 13.7. The molecule has 0 bridgehead atoms. The molecule has 1 heterocycles. The van der Waals surface area contributed by atoms with Crippen molar-refractivity contribution >= 4 is 0 Å². The van der Waals surface area contributed by atoms with Crippen LogP contribution in [0.4, 0.5) is 0 Å². The zero-order chi connectivity index (χ0) is 27.8. The van der Waals surface area contributed by atoms with E-state index in [1.807, 2.05) is 0 Å². The molecule has 1 aliphatic heterocycles. The molecule has 0 radical (unpaired) electrons. The molecule has 0 aromatic carbocycles. The number of hydrazine groups is 2. The molecule has 2 fully saturated rings. The highest BCUT2D eigenvalue weighted by atomic mass is 16.6. The van der Waals surface area contributed by atoms with Crippen molar-refractivity contribution in [1.29, 1.82) is 0 Å². The summed E-state index contributed by atoms with van der Waals surface area (Å²) in [5.74, 6) is 13.9. The third kappa shape index (κ3) is 9.92. The smallest absolute Gasteiger partial charge is 0.155 e. The van der Waals surface area contributed by atoms with Crippen LogP contribution in [0.5, 0.6) is 0 Å². The second-order valence-corrected chi connectivity index (χ2v) is 12.5. The molecule has 1 aliphatic carbocycles. The summed E-state index contributed by atoms with van der Waals surface area (Å²) in [4.78, 5) is 0. The van der Waals surface area contributed by atoms with Gasteiger partial charge in [0.1, 0.15) is 0 Å². The van der Waals surface area contributed by atoms with E-state index in [1.54, 1.807) is 11.2 Å². The molecule has 0 spiro atoms. The van der Waals surface area contributed by atoms with Gasteiger partial charge in [-0.05, 0) is 54.8 Å². The van der Waals surface area contributed by atoms with E-state index in [-0.39, 0.29) is 24.0 Å². The minimum atomic E-state index is -0.868. The Morgan fingerprint density at radius 3 is 2.19 bits per heavy atom. The van der Waals surface area contributed by atoms with Crippen LogP contribution in [0.15, 0.2) is 23.8 Å². The van der Waals surface area contributed by atoms with Crippen molar-refractivity contribution in [2.24, 2.45) is 51.7 Å². The maximum Gasteiger partial charge on any atom is 0.155 e. The first kappa shape index (κ1) is 31.7. The molecule has 10 heteroatoms. The number of ether oxygens (including phenoxy) is 2. The summed E-state index contributed by atoms with van der Waals surface area (Å²) in [6.07, 6.45) is 9.16. The largest absolute Gasteiger partial charge is 0.399 e. The Balaban J connectivity index is 1.85. The lowest BCUT2D eigenvalue weighted by atomic mass is 9.67. The number of rotatable bonds is 13. The summed E-state index contributed by atoms with van der Waals surface area (Å²) in [7, 11) is 0. The van der Waals surface area contributed by atoms with Gasteiger partial charge in [-0.15, -0.1) is 0 Å². The van der Waals surface area contributed by atoms with Crippen LogP contribution >= 0.6 is 0 Å². The standard InChI is InChI=1S/C27H54N6O4/c1-19-9-10-20-7-6-8-21(24(20)16-36-19)11-25(35)37-15-23(29)13-33(31)18-27(4,5)26(2,3)17-32(30)12-22(28)14-34/h12-13,19-21,24-25,34-35H,6-11,14-18,28-31H2,1-5H3/b22-12-,23-13-/t19?,20-,21+,24?,25+/m1/s1. The number of hydrogen-bond donors (Lipinski definition) is 6. The van der Waals surface area contributed by atoms with Crippen molar-refractivity contribution in [3.05, 3.63) is 23.8 Å². The molecule has 216 valence electrons. The average Bonchev–Trinajstić information content (AvgIpc) is 2.98. The molecular weight excluding hydrogens is 472 g/mol. The lowest BCUT2D eigenvalue weighted by Crippen LogP contribution is -2.49. The van der Waals surface area contributed by atoms with E-state index in [2.05, 4.69) is 34.6 Å². The molecule has 1 saturated heterocycles. The van der Waals surface area contributed by atoms with Crippen molar-refractivity contribution in [3.8, 4) is 0 Å². The zero-order valence-corrected chi connectivity index (χ0v) is 23.7. The Hall–Kier alpha value is -1.56. The summed E-state index contributed by atoms with van der Waals surface area (Å²) in [5.41, 5.74) is 12.1. The normalized spacial score (nSPS) is 26.8. The summed E-state index contributed by atoms with van der Waals surface area (Å²) >= 11 is 0. The van der Waals surface area contributed by atoms with Crippen LogP contribution in [-0.2, 0) is 9.47 Å². The Kier molecular flexibility index (Phi) is 12.0. The van der Waals surface area contributed by atoms with E-state index >= 15 is 0 Å². The first-order chi connectivity index (χ1) is 17.2. The third-order valence-electron chi connectivity index (χ3n) is 8.66. The van der Waals surface area contributed by atoms with Gasteiger partial charge in [0.15, 0.2) is 6.29 Å². The van der Waals surface area contributed by atoms with Gasteiger partial charge in [-0.3, -0.25) is 0 Å². The third-order valence-corrected chi connectivity index (χ3v) is 8.66. The molecule has 2 unspecified atom stereocenters. The van der Waals surface area contributed by atoms with Gasteiger partial charge in [-0.25, -0.2) is 11.7 Å². The van der Waals surface area contributed by atoms with Gasteiger partial charge >= 0.3 is 0 Å². The molecule has 10 N–H and O–H groups in total.